The quantitative estimate of drug-likeness (QED) is 0.231. The van der Waals surface area contributed by atoms with Crippen LogP contribution < -0.4 is 14.8 Å². The van der Waals surface area contributed by atoms with E-state index < -0.39 is 22.0 Å². The van der Waals surface area contributed by atoms with Crippen LogP contribution in [0.3, 0.4) is 0 Å². The number of ether oxygens (including phenoxy) is 1. The number of benzene rings is 4. The Hall–Kier alpha value is -3.69. The predicted octanol–water partition coefficient (Wildman–Crippen LogP) is 5.76. The third kappa shape index (κ3) is 7.04. The number of methoxy groups -OCH3 is 1. The monoisotopic (exact) mass is 582 g/mol. The lowest BCUT2D eigenvalue weighted by Crippen LogP contribution is -2.45. The van der Waals surface area contributed by atoms with Crippen molar-refractivity contribution in [3.05, 3.63) is 124 Å². The van der Waals surface area contributed by atoms with Gasteiger partial charge in [0.15, 0.2) is 5.78 Å². The molecule has 0 aliphatic heterocycles. The number of carbonyl (C=O) groups excluding carboxylic acids is 2. The molecule has 0 spiro atoms. The number of hydrogen-bond donors (Lipinski definition) is 2. The van der Waals surface area contributed by atoms with Gasteiger partial charge in [0.2, 0.25) is 15.9 Å². The molecule has 10 heteroatoms. The molecule has 0 unspecified atom stereocenters. The first-order chi connectivity index (χ1) is 18.7. The maximum Gasteiger partial charge on any atom is 0.245 e. The van der Waals surface area contributed by atoms with Crippen LogP contribution in [0.4, 0.5) is 5.69 Å². The van der Waals surface area contributed by atoms with Crippen LogP contribution in [0.5, 0.6) is 5.75 Å². The van der Waals surface area contributed by atoms with Crippen LogP contribution >= 0.6 is 23.2 Å². The zero-order chi connectivity index (χ0) is 28.0. The summed E-state index contributed by atoms with van der Waals surface area (Å²) in [5.41, 5.74) is 1.48. The fraction of sp³-hybridized carbons (Fsp3) is 0.103. The lowest BCUT2D eigenvalue weighted by molar-refractivity contribution is -0.117. The van der Waals surface area contributed by atoms with Gasteiger partial charge in [0.25, 0.3) is 0 Å². The lowest BCUT2D eigenvalue weighted by Gasteiger charge is -2.21. The summed E-state index contributed by atoms with van der Waals surface area (Å²) in [5.74, 6) is -0.954. The van der Waals surface area contributed by atoms with E-state index in [9.17, 15) is 18.0 Å². The average molecular weight is 583 g/mol. The summed E-state index contributed by atoms with van der Waals surface area (Å²) in [6.07, 6.45) is 0.0321. The van der Waals surface area contributed by atoms with Crippen LogP contribution in [0.25, 0.3) is 0 Å². The van der Waals surface area contributed by atoms with Crippen molar-refractivity contribution in [3.63, 3.8) is 0 Å². The first-order valence-corrected chi connectivity index (χ1v) is 14.0. The Bertz CT molecular complexity index is 1600. The van der Waals surface area contributed by atoms with Gasteiger partial charge >= 0.3 is 0 Å². The Labute approximate surface area is 236 Å². The van der Waals surface area contributed by atoms with E-state index in [-0.39, 0.29) is 39.1 Å². The lowest BCUT2D eigenvalue weighted by atomic mass is 10.0. The molecule has 0 saturated heterocycles. The van der Waals surface area contributed by atoms with Gasteiger partial charge in [-0.3, -0.25) is 9.59 Å². The zero-order valence-corrected chi connectivity index (χ0v) is 23.1. The SMILES string of the molecule is COc1ccc(Cl)cc1S(=O)(=O)N[C@H](Cc1ccccc1)C(=O)Nc1ccc(Cl)cc1C(=O)c1ccccc1. The standard InChI is InChI=1S/C29H24Cl2N2O5S/c1-38-26-15-13-22(31)18-27(26)39(36,37)33-25(16-19-8-4-2-5-9-19)29(35)32-24-14-12-21(30)17-23(24)28(34)20-10-6-3-7-11-20/h2-15,17-18,25,33H,16H2,1H3,(H,32,35)/t25-/m1/s1. The Morgan fingerprint density at radius 3 is 2.13 bits per heavy atom. The van der Waals surface area contributed by atoms with Crippen LogP contribution in [0.2, 0.25) is 10.0 Å². The van der Waals surface area contributed by atoms with Gasteiger partial charge in [0.1, 0.15) is 16.7 Å². The molecule has 0 fully saturated rings. The van der Waals surface area contributed by atoms with E-state index in [4.69, 9.17) is 27.9 Å². The molecule has 0 aliphatic carbocycles. The molecule has 0 aromatic heterocycles. The van der Waals surface area contributed by atoms with Gasteiger partial charge in [-0.15, -0.1) is 0 Å². The number of anilines is 1. The molecule has 0 heterocycles. The summed E-state index contributed by atoms with van der Waals surface area (Å²) in [7, 11) is -2.93. The first-order valence-electron chi connectivity index (χ1n) is 11.8. The van der Waals surface area contributed by atoms with Crippen molar-refractivity contribution in [3.8, 4) is 5.75 Å². The van der Waals surface area contributed by atoms with Gasteiger partial charge in [-0.2, -0.15) is 4.72 Å². The number of nitrogens with one attached hydrogen (secondary N) is 2. The molecule has 1 atom stereocenters. The minimum atomic E-state index is -4.27. The van der Waals surface area contributed by atoms with Crippen molar-refractivity contribution in [1.29, 1.82) is 0 Å². The molecule has 2 N–H and O–H groups in total. The molecule has 4 aromatic carbocycles. The Balaban J connectivity index is 1.69. The normalized spacial score (nSPS) is 12.0. The van der Waals surface area contributed by atoms with E-state index in [2.05, 4.69) is 10.0 Å². The van der Waals surface area contributed by atoms with Crippen LogP contribution in [0.1, 0.15) is 21.5 Å². The molecule has 0 saturated carbocycles. The van der Waals surface area contributed by atoms with Crippen molar-refractivity contribution in [2.45, 2.75) is 17.4 Å². The third-order valence-electron chi connectivity index (χ3n) is 5.83. The highest BCUT2D eigenvalue weighted by molar-refractivity contribution is 7.89. The fourth-order valence-electron chi connectivity index (χ4n) is 3.93. The molecule has 4 rings (SSSR count). The second-order valence-electron chi connectivity index (χ2n) is 8.53. The van der Waals surface area contributed by atoms with Gasteiger partial charge in [0.05, 0.1) is 12.8 Å². The molecule has 0 radical (unpaired) electrons. The summed E-state index contributed by atoms with van der Waals surface area (Å²) in [6.45, 7) is 0. The Kier molecular flexibility index (Phi) is 9.04. The number of carbonyl (C=O) groups is 2. The van der Waals surface area contributed by atoms with Crippen LogP contribution in [0, 0.1) is 0 Å². The molecule has 0 bridgehead atoms. The summed E-state index contributed by atoms with van der Waals surface area (Å²) < 4.78 is 34.5. The van der Waals surface area contributed by atoms with Crippen LogP contribution in [-0.4, -0.2) is 33.3 Å². The summed E-state index contributed by atoms with van der Waals surface area (Å²) >= 11 is 12.2. The minimum absolute atomic E-state index is 0.0321. The zero-order valence-electron chi connectivity index (χ0n) is 20.7. The summed E-state index contributed by atoms with van der Waals surface area (Å²) in [6, 6.07) is 24.9. The van der Waals surface area contributed by atoms with Gasteiger partial charge in [-0.05, 0) is 48.4 Å². The second kappa shape index (κ2) is 12.4. The first kappa shape index (κ1) is 28.3. The Morgan fingerprint density at radius 1 is 0.846 bits per heavy atom. The van der Waals surface area contributed by atoms with Gasteiger partial charge in [-0.1, -0.05) is 83.9 Å². The highest BCUT2D eigenvalue weighted by atomic mass is 35.5. The number of halogens is 2. The van der Waals surface area contributed by atoms with Crippen molar-refractivity contribution >= 4 is 50.6 Å². The van der Waals surface area contributed by atoms with Gasteiger partial charge in [0, 0.05) is 21.2 Å². The molecule has 0 aliphatic rings. The van der Waals surface area contributed by atoms with Gasteiger partial charge < -0.3 is 10.1 Å². The molecule has 200 valence electrons. The van der Waals surface area contributed by atoms with Crippen molar-refractivity contribution in [1.82, 2.24) is 4.72 Å². The van der Waals surface area contributed by atoms with Crippen LogP contribution in [0.15, 0.2) is 102 Å². The van der Waals surface area contributed by atoms with E-state index in [0.717, 1.165) is 5.56 Å². The number of rotatable bonds is 10. The van der Waals surface area contributed by atoms with E-state index in [0.29, 0.717) is 10.6 Å². The van der Waals surface area contributed by atoms with Crippen molar-refractivity contribution in [2.75, 3.05) is 12.4 Å². The third-order valence-corrected chi connectivity index (χ3v) is 7.79. The van der Waals surface area contributed by atoms with Crippen molar-refractivity contribution in [2.24, 2.45) is 0 Å². The second-order valence-corrected chi connectivity index (χ2v) is 11.1. The highest BCUT2D eigenvalue weighted by Crippen LogP contribution is 2.28. The Morgan fingerprint density at radius 2 is 1.46 bits per heavy atom. The topological polar surface area (TPSA) is 102 Å². The smallest absolute Gasteiger partial charge is 0.245 e. The van der Waals surface area contributed by atoms with E-state index >= 15 is 0 Å². The minimum Gasteiger partial charge on any atom is -0.495 e. The molecule has 7 nitrogen and oxygen atoms in total. The van der Waals surface area contributed by atoms with Gasteiger partial charge in [-0.25, -0.2) is 8.42 Å². The average Bonchev–Trinajstić information content (AvgIpc) is 2.94. The molecular formula is C29H24Cl2N2O5S. The highest BCUT2D eigenvalue weighted by Gasteiger charge is 2.29. The molecule has 4 aromatic rings. The largest absolute Gasteiger partial charge is 0.495 e. The summed E-state index contributed by atoms with van der Waals surface area (Å²) in [5, 5.41) is 3.21. The van der Waals surface area contributed by atoms with E-state index in [1.807, 2.05) is 6.07 Å². The number of amides is 1. The fourth-order valence-corrected chi connectivity index (χ4v) is 5.73. The number of sulfonamides is 1. The summed E-state index contributed by atoms with van der Waals surface area (Å²) in [4.78, 5) is 26.6. The molecule has 39 heavy (non-hydrogen) atoms. The molecular weight excluding hydrogens is 559 g/mol. The maximum absolute atomic E-state index is 13.6. The number of ketones is 1. The predicted molar refractivity (Wildman–Crippen MR) is 152 cm³/mol. The number of hydrogen-bond acceptors (Lipinski definition) is 5. The molecule has 1 amide bonds. The van der Waals surface area contributed by atoms with E-state index in [1.165, 1.54) is 43.5 Å². The van der Waals surface area contributed by atoms with Crippen LogP contribution in [-0.2, 0) is 21.2 Å². The maximum atomic E-state index is 13.6. The van der Waals surface area contributed by atoms with Crippen molar-refractivity contribution < 1.29 is 22.7 Å². The van der Waals surface area contributed by atoms with E-state index in [1.54, 1.807) is 54.6 Å².